The van der Waals surface area contributed by atoms with Crippen molar-refractivity contribution in [3.05, 3.63) is 59.3 Å². The third-order valence-electron chi connectivity index (χ3n) is 3.70. The van der Waals surface area contributed by atoms with Gasteiger partial charge in [0.15, 0.2) is 0 Å². The molecule has 2 heterocycles. The molecule has 1 amide bonds. The Hall–Kier alpha value is -2.36. The van der Waals surface area contributed by atoms with Gasteiger partial charge in [0, 0.05) is 18.7 Å². The maximum absolute atomic E-state index is 12.5. The topological polar surface area (TPSA) is 45.2 Å². The van der Waals surface area contributed by atoms with Gasteiger partial charge in [-0.2, -0.15) is 0 Å². The smallest absolute Gasteiger partial charge is 0.254 e. The van der Waals surface area contributed by atoms with Gasteiger partial charge in [-0.25, -0.2) is 4.98 Å². The molecule has 1 aromatic heterocycles. The van der Waals surface area contributed by atoms with Gasteiger partial charge in [-0.1, -0.05) is 24.3 Å². The van der Waals surface area contributed by atoms with Crippen LogP contribution < -0.4 is 5.32 Å². The Labute approximate surface area is 124 Å². The minimum atomic E-state index is 0.104. The Morgan fingerprint density at radius 2 is 2.05 bits per heavy atom. The van der Waals surface area contributed by atoms with Crippen LogP contribution in [0.2, 0.25) is 0 Å². The minimum absolute atomic E-state index is 0.104. The molecule has 1 aliphatic heterocycles. The molecule has 0 bridgehead atoms. The van der Waals surface area contributed by atoms with Crippen LogP contribution in [-0.2, 0) is 13.0 Å². The zero-order valence-corrected chi connectivity index (χ0v) is 12.2. The van der Waals surface area contributed by atoms with Crippen LogP contribution in [0.3, 0.4) is 0 Å². The van der Waals surface area contributed by atoms with E-state index in [1.54, 1.807) is 0 Å². The quantitative estimate of drug-likeness (QED) is 0.937. The predicted molar refractivity (Wildman–Crippen MR) is 83.3 cm³/mol. The highest BCUT2D eigenvalue weighted by Gasteiger charge is 2.23. The molecule has 0 unspecified atom stereocenters. The largest absolute Gasteiger partial charge is 0.370 e. The van der Waals surface area contributed by atoms with E-state index in [0.29, 0.717) is 6.54 Å². The normalized spacial score (nSPS) is 14.0. The number of hydrogen-bond acceptors (Lipinski definition) is 3. The molecular formula is C17H19N3O. The van der Waals surface area contributed by atoms with Gasteiger partial charge in [-0.05, 0) is 37.1 Å². The average molecular weight is 281 g/mol. The van der Waals surface area contributed by atoms with E-state index >= 15 is 0 Å². The van der Waals surface area contributed by atoms with E-state index in [1.807, 2.05) is 54.3 Å². The molecule has 0 saturated carbocycles. The first-order chi connectivity index (χ1) is 10.3. The van der Waals surface area contributed by atoms with Gasteiger partial charge in [0.2, 0.25) is 0 Å². The van der Waals surface area contributed by atoms with E-state index in [1.165, 1.54) is 0 Å². The molecule has 3 rings (SSSR count). The maximum atomic E-state index is 12.5. The second-order valence-corrected chi connectivity index (χ2v) is 5.18. The van der Waals surface area contributed by atoms with Crippen molar-refractivity contribution in [1.82, 2.24) is 9.88 Å². The van der Waals surface area contributed by atoms with Gasteiger partial charge in [0.05, 0.1) is 12.2 Å². The van der Waals surface area contributed by atoms with E-state index in [2.05, 4.69) is 10.3 Å². The fraction of sp³-hybridized carbons (Fsp3) is 0.294. The van der Waals surface area contributed by atoms with Crippen molar-refractivity contribution in [2.45, 2.75) is 19.9 Å². The van der Waals surface area contributed by atoms with Crippen molar-refractivity contribution in [2.75, 3.05) is 18.4 Å². The lowest BCUT2D eigenvalue weighted by atomic mass is 9.99. The minimum Gasteiger partial charge on any atom is -0.370 e. The number of carbonyl (C=O) groups is 1. The molecule has 4 heteroatoms. The van der Waals surface area contributed by atoms with Crippen LogP contribution in [0.4, 0.5) is 5.82 Å². The molecule has 108 valence electrons. The number of fused-ring (bicyclic) bond motifs is 1. The molecule has 0 spiro atoms. The Morgan fingerprint density at radius 1 is 1.19 bits per heavy atom. The molecule has 0 fully saturated rings. The number of nitrogens with one attached hydrogen (secondary N) is 1. The van der Waals surface area contributed by atoms with E-state index in [-0.39, 0.29) is 5.91 Å². The Kier molecular flexibility index (Phi) is 3.86. The second-order valence-electron chi connectivity index (χ2n) is 5.18. The van der Waals surface area contributed by atoms with Gasteiger partial charge in [-0.15, -0.1) is 0 Å². The number of aromatic nitrogens is 1. The molecule has 21 heavy (non-hydrogen) atoms. The SMILES string of the molecule is CCNc1cccc(CN2CCc3ccccc3C2=O)n1. The predicted octanol–water partition coefficient (Wildman–Crippen LogP) is 2.71. The molecule has 1 aromatic carbocycles. The van der Waals surface area contributed by atoms with Crippen molar-refractivity contribution >= 4 is 11.7 Å². The van der Waals surface area contributed by atoms with E-state index < -0.39 is 0 Å². The van der Waals surface area contributed by atoms with Crippen LogP contribution in [0.5, 0.6) is 0 Å². The highest BCUT2D eigenvalue weighted by Crippen LogP contribution is 2.20. The van der Waals surface area contributed by atoms with Crippen molar-refractivity contribution in [3.8, 4) is 0 Å². The lowest BCUT2D eigenvalue weighted by Crippen LogP contribution is -2.37. The summed E-state index contributed by atoms with van der Waals surface area (Å²) in [5, 5.41) is 3.20. The number of anilines is 1. The molecule has 1 N–H and O–H groups in total. The lowest BCUT2D eigenvalue weighted by molar-refractivity contribution is 0.0725. The zero-order chi connectivity index (χ0) is 14.7. The van der Waals surface area contributed by atoms with Gasteiger partial charge in [0.1, 0.15) is 5.82 Å². The van der Waals surface area contributed by atoms with Crippen LogP contribution in [0.25, 0.3) is 0 Å². The van der Waals surface area contributed by atoms with Crippen molar-refractivity contribution in [1.29, 1.82) is 0 Å². The first-order valence-corrected chi connectivity index (χ1v) is 7.35. The number of rotatable bonds is 4. The number of carbonyl (C=O) groups excluding carboxylic acids is 1. The summed E-state index contributed by atoms with van der Waals surface area (Å²) < 4.78 is 0. The maximum Gasteiger partial charge on any atom is 0.254 e. The Bertz CT molecular complexity index is 654. The summed E-state index contributed by atoms with van der Waals surface area (Å²) in [6.07, 6.45) is 0.912. The van der Waals surface area contributed by atoms with Crippen LogP contribution in [0.15, 0.2) is 42.5 Å². The molecule has 4 nitrogen and oxygen atoms in total. The van der Waals surface area contributed by atoms with Gasteiger partial charge in [0.25, 0.3) is 5.91 Å². The molecule has 2 aromatic rings. The second kappa shape index (κ2) is 5.95. The highest BCUT2D eigenvalue weighted by atomic mass is 16.2. The molecule has 0 aliphatic carbocycles. The molecule has 0 saturated heterocycles. The van der Waals surface area contributed by atoms with Crippen molar-refractivity contribution < 1.29 is 4.79 Å². The van der Waals surface area contributed by atoms with Crippen LogP contribution >= 0.6 is 0 Å². The van der Waals surface area contributed by atoms with Gasteiger partial charge >= 0.3 is 0 Å². The highest BCUT2D eigenvalue weighted by molar-refractivity contribution is 5.96. The fourth-order valence-corrected chi connectivity index (χ4v) is 2.67. The average Bonchev–Trinajstić information content (AvgIpc) is 2.51. The van der Waals surface area contributed by atoms with Crippen molar-refractivity contribution in [3.63, 3.8) is 0 Å². The third-order valence-corrected chi connectivity index (χ3v) is 3.70. The summed E-state index contributed by atoms with van der Waals surface area (Å²) in [7, 11) is 0. The number of pyridine rings is 1. The monoisotopic (exact) mass is 281 g/mol. The Balaban J connectivity index is 1.77. The summed E-state index contributed by atoms with van der Waals surface area (Å²) in [4.78, 5) is 18.9. The number of amides is 1. The molecular weight excluding hydrogens is 262 g/mol. The third kappa shape index (κ3) is 2.89. The summed E-state index contributed by atoms with van der Waals surface area (Å²) >= 11 is 0. The number of hydrogen-bond donors (Lipinski definition) is 1. The van der Waals surface area contributed by atoms with E-state index in [0.717, 1.165) is 42.1 Å². The van der Waals surface area contributed by atoms with Crippen LogP contribution in [0, 0.1) is 0 Å². The first-order valence-electron chi connectivity index (χ1n) is 7.35. The van der Waals surface area contributed by atoms with Gasteiger partial charge in [-0.3, -0.25) is 4.79 Å². The van der Waals surface area contributed by atoms with Gasteiger partial charge < -0.3 is 10.2 Å². The first kappa shape index (κ1) is 13.6. The Morgan fingerprint density at radius 3 is 2.90 bits per heavy atom. The summed E-state index contributed by atoms with van der Waals surface area (Å²) in [5.41, 5.74) is 2.89. The summed E-state index contributed by atoms with van der Waals surface area (Å²) in [6.45, 7) is 4.20. The van der Waals surface area contributed by atoms with E-state index in [4.69, 9.17) is 0 Å². The van der Waals surface area contributed by atoms with Crippen LogP contribution in [-0.4, -0.2) is 28.9 Å². The molecule has 0 radical (unpaired) electrons. The standard InChI is InChI=1S/C17H19N3O/c1-2-18-16-9-5-7-14(19-16)12-20-11-10-13-6-3-4-8-15(13)17(20)21/h3-9H,2,10-12H2,1H3,(H,18,19). The van der Waals surface area contributed by atoms with Crippen LogP contribution in [0.1, 0.15) is 28.5 Å². The zero-order valence-electron chi connectivity index (χ0n) is 12.2. The van der Waals surface area contributed by atoms with Crippen molar-refractivity contribution in [2.24, 2.45) is 0 Å². The fourth-order valence-electron chi connectivity index (χ4n) is 2.67. The summed E-state index contributed by atoms with van der Waals surface area (Å²) in [5.74, 6) is 0.965. The number of benzene rings is 1. The molecule has 0 atom stereocenters. The van der Waals surface area contributed by atoms with E-state index in [9.17, 15) is 4.79 Å². The lowest BCUT2D eigenvalue weighted by Gasteiger charge is -2.28. The summed E-state index contributed by atoms with van der Waals surface area (Å²) in [6, 6.07) is 13.7. The number of nitrogens with zero attached hydrogens (tertiary/aromatic N) is 2. The molecule has 1 aliphatic rings.